The van der Waals surface area contributed by atoms with E-state index in [2.05, 4.69) is 22.3 Å². The first-order valence-electron chi connectivity index (χ1n) is 8.91. The third-order valence-electron chi connectivity index (χ3n) is 5.19. The molecule has 1 saturated heterocycles. The molecule has 132 valence electrons. The predicted molar refractivity (Wildman–Crippen MR) is 102 cm³/mol. The Bertz CT molecular complexity index is 875. The summed E-state index contributed by atoms with van der Waals surface area (Å²) in [6.45, 7) is 1.93. The zero-order chi connectivity index (χ0) is 17.9. The lowest BCUT2D eigenvalue weighted by Crippen LogP contribution is -2.30. The summed E-state index contributed by atoms with van der Waals surface area (Å²) in [4.78, 5) is 15.1. The van der Waals surface area contributed by atoms with Crippen LogP contribution in [0.3, 0.4) is 0 Å². The Hall–Kier alpha value is -2.92. The summed E-state index contributed by atoms with van der Waals surface area (Å²) in [6, 6.07) is 20.1. The van der Waals surface area contributed by atoms with Crippen LogP contribution in [0.5, 0.6) is 0 Å². The molecule has 1 fully saturated rings. The normalized spacial score (nSPS) is 19.7. The van der Waals surface area contributed by atoms with E-state index in [1.807, 2.05) is 53.4 Å². The van der Waals surface area contributed by atoms with E-state index in [9.17, 15) is 4.79 Å². The van der Waals surface area contributed by atoms with E-state index in [1.165, 1.54) is 5.56 Å². The molecule has 1 aliphatic rings. The van der Waals surface area contributed by atoms with Crippen LogP contribution in [0.2, 0.25) is 0 Å². The standard InChI is InChI=1S/C21H22N4O/c22-11-17-13-25(14-19(17)15-7-3-1-4-8-15)21(26)18-12-23-24-20(18)16-9-5-2-6-10-16/h1-10,12,17,19H,11,13-14,22H2,(H,23,24)/t17-,19+/m1/s1. The highest BCUT2D eigenvalue weighted by atomic mass is 16.2. The van der Waals surface area contributed by atoms with E-state index >= 15 is 0 Å². The van der Waals surface area contributed by atoms with Gasteiger partial charge in [-0.25, -0.2) is 0 Å². The molecule has 0 spiro atoms. The number of hydrogen-bond donors (Lipinski definition) is 2. The van der Waals surface area contributed by atoms with Crippen molar-refractivity contribution in [2.45, 2.75) is 5.92 Å². The number of H-pyrrole nitrogens is 1. The molecule has 5 nitrogen and oxygen atoms in total. The molecule has 1 aromatic heterocycles. The second kappa shape index (κ2) is 7.14. The van der Waals surface area contributed by atoms with Crippen molar-refractivity contribution in [3.05, 3.63) is 78.0 Å². The highest BCUT2D eigenvalue weighted by Crippen LogP contribution is 2.33. The summed E-state index contributed by atoms with van der Waals surface area (Å²) in [5.41, 5.74) is 9.59. The van der Waals surface area contributed by atoms with Crippen molar-refractivity contribution < 1.29 is 4.79 Å². The summed E-state index contributed by atoms with van der Waals surface area (Å²) < 4.78 is 0. The van der Waals surface area contributed by atoms with Crippen LogP contribution in [0.4, 0.5) is 0 Å². The maximum Gasteiger partial charge on any atom is 0.257 e. The number of carbonyl (C=O) groups excluding carboxylic acids is 1. The Morgan fingerprint density at radius 2 is 1.77 bits per heavy atom. The minimum Gasteiger partial charge on any atom is -0.338 e. The maximum absolute atomic E-state index is 13.2. The molecule has 0 unspecified atom stereocenters. The Balaban J connectivity index is 1.59. The van der Waals surface area contributed by atoms with Gasteiger partial charge in [0.2, 0.25) is 0 Å². The molecule has 1 aliphatic heterocycles. The number of hydrogen-bond acceptors (Lipinski definition) is 3. The van der Waals surface area contributed by atoms with E-state index in [-0.39, 0.29) is 17.7 Å². The molecule has 26 heavy (non-hydrogen) atoms. The summed E-state index contributed by atoms with van der Waals surface area (Å²) in [5, 5.41) is 7.08. The number of amides is 1. The average molecular weight is 346 g/mol. The van der Waals surface area contributed by atoms with E-state index in [4.69, 9.17) is 5.73 Å². The first-order chi connectivity index (χ1) is 12.8. The van der Waals surface area contributed by atoms with Gasteiger partial charge in [-0.2, -0.15) is 5.10 Å². The Kier molecular flexibility index (Phi) is 4.54. The Labute approximate surface area is 152 Å². The van der Waals surface area contributed by atoms with Gasteiger partial charge in [0.25, 0.3) is 5.91 Å². The number of aromatic nitrogens is 2. The lowest BCUT2D eigenvalue weighted by atomic mass is 9.89. The van der Waals surface area contributed by atoms with Crippen LogP contribution in [-0.4, -0.2) is 40.6 Å². The predicted octanol–water partition coefficient (Wildman–Crippen LogP) is 2.89. The van der Waals surface area contributed by atoms with Gasteiger partial charge in [-0.3, -0.25) is 9.89 Å². The number of rotatable bonds is 4. The molecule has 2 heterocycles. The van der Waals surface area contributed by atoms with Gasteiger partial charge >= 0.3 is 0 Å². The minimum atomic E-state index is 0.00878. The number of aromatic amines is 1. The van der Waals surface area contributed by atoms with Crippen LogP contribution < -0.4 is 5.73 Å². The van der Waals surface area contributed by atoms with Crippen molar-refractivity contribution in [1.29, 1.82) is 0 Å². The topological polar surface area (TPSA) is 75.0 Å². The lowest BCUT2D eigenvalue weighted by Gasteiger charge is -2.17. The molecule has 0 aliphatic carbocycles. The fourth-order valence-corrected chi connectivity index (χ4v) is 3.80. The third-order valence-corrected chi connectivity index (χ3v) is 5.19. The monoisotopic (exact) mass is 346 g/mol. The zero-order valence-corrected chi connectivity index (χ0v) is 14.5. The molecule has 1 amide bonds. The van der Waals surface area contributed by atoms with Gasteiger partial charge in [0, 0.05) is 24.6 Å². The average Bonchev–Trinajstić information content (AvgIpc) is 3.36. The van der Waals surface area contributed by atoms with Gasteiger partial charge in [0.15, 0.2) is 0 Å². The van der Waals surface area contributed by atoms with Gasteiger partial charge in [0.05, 0.1) is 17.5 Å². The first kappa shape index (κ1) is 16.5. The van der Waals surface area contributed by atoms with Crippen molar-refractivity contribution in [2.75, 3.05) is 19.6 Å². The van der Waals surface area contributed by atoms with Crippen molar-refractivity contribution >= 4 is 5.91 Å². The van der Waals surface area contributed by atoms with Crippen LogP contribution >= 0.6 is 0 Å². The van der Waals surface area contributed by atoms with Crippen LogP contribution in [-0.2, 0) is 0 Å². The van der Waals surface area contributed by atoms with Gasteiger partial charge in [-0.05, 0) is 18.0 Å². The number of likely N-dealkylation sites (tertiary alicyclic amines) is 1. The van der Waals surface area contributed by atoms with E-state index < -0.39 is 0 Å². The van der Waals surface area contributed by atoms with Crippen molar-refractivity contribution in [3.63, 3.8) is 0 Å². The molecular formula is C21H22N4O. The number of nitrogens with zero attached hydrogens (tertiary/aromatic N) is 2. The quantitative estimate of drug-likeness (QED) is 0.763. The van der Waals surface area contributed by atoms with Gasteiger partial charge in [-0.1, -0.05) is 60.7 Å². The highest BCUT2D eigenvalue weighted by molar-refractivity contribution is 6.00. The molecule has 0 saturated carbocycles. The smallest absolute Gasteiger partial charge is 0.257 e. The lowest BCUT2D eigenvalue weighted by molar-refractivity contribution is 0.0787. The van der Waals surface area contributed by atoms with Gasteiger partial charge in [-0.15, -0.1) is 0 Å². The summed E-state index contributed by atoms with van der Waals surface area (Å²) >= 11 is 0. The van der Waals surface area contributed by atoms with Gasteiger partial charge in [0.1, 0.15) is 0 Å². The van der Waals surface area contributed by atoms with E-state index in [0.717, 1.165) is 11.3 Å². The summed E-state index contributed by atoms with van der Waals surface area (Å²) in [5.74, 6) is 0.556. The van der Waals surface area contributed by atoms with E-state index in [1.54, 1.807) is 6.20 Å². The minimum absolute atomic E-state index is 0.00878. The van der Waals surface area contributed by atoms with Crippen LogP contribution in [0.15, 0.2) is 66.9 Å². The Morgan fingerprint density at radius 3 is 2.46 bits per heavy atom. The molecule has 2 aromatic carbocycles. The van der Waals surface area contributed by atoms with Crippen LogP contribution in [0.25, 0.3) is 11.3 Å². The third kappa shape index (κ3) is 3.02. The number of nitrogens with two attached hydrogens (primary N) is 1. The SMILES string of the molecule is NC[C@@H]1CN(C(=O)c2cn[nH]c2-c2ccccc2)C[C@H]1c1ccccc1. The largest absolute Gasteiger partial charge is 0.338 e. The Morgan fingerprint density at radius 1 is 1.08 bits per heavy atom. The first-order valence-corrected chi connectivity index (χ1v) is 8.91. The van der Waals surface area contributed by atoms with Crippen LogP contribution in [0, 0.1) is 5.92 Å². The number of benzene rings is 2. The number of carbonyl (C=O) groups is 1. The maximum atomic E-state index is 13.2. The molecule has 0 bridgehead atoms. The van der Waals surface area contributed by atoms with Crippen molar-refractivity contribution in [1.82, 2.24) is 15.1 Å². The van der Waals surface area contributed by atoms with E-state index in [0.29, 0.717) is 25.2 Å². The molecular weight excluding hydrogens is 324 g/mol. The molecule has 3 aromatic rings. The summed E-state index contributed by atoms with van der Waals surface area (Å²) in [6.07, 6.45) is 1.62. The van der Waals surface area contributed by atoms with Crippen LogP contribution in [0.1, 0.15) is 21.8 Å². The second-order valence-corrected chi connectivity index (χ2v) is 6.75. The van der Waals surface area contributed by atoms with Crippen molar-refractivity contribution in [2.24, 2.45) is 11.7 Å². The second-order valence-electron chi connectivity index (χ2n) is 6.75. The molecule has 2 atom stereocenters. The van der Waals surface area contributed by atoms with Gasteiger partial charge < -0.3 is 10.6 Å². The molecule has 4 rings (SSSR count). The fourth-order valence-electron chi connectivity index (χ4n) is 3.80. The highest BCUT2D eigenvalue weighted by Gasteiger charge is 2.36. The molecule has 3 N–H and O–H groups in total. The number of nitrogens with one attached hydrogen (secondary N) is 1. The zero-order valence-electron chi connectivity index (χ0n) is 14.5. The molecule has 0 radical (unpaired) electrons. The van der Waals surface area contributed by atoms with Crippen molar-refractivity contribution in [3.8, 4) is 11.3 Å². The molecule has 5 heteroatoms. The summed E-state index contributed by atoms with van der Waals surface area (Å²) in [7, 11) is 0. The fraction of sp³-hybridized carbons (Fsp3) is 0.238.